The molecule has 5 nitrogen and oxygen atoms in total. The molecule has 0 unspecified atom stereocenters. The number of carbonyl (C=O) groups is 1. The predicted octanol–water partition coefficient (Wildman–Crippen LogP) is 5.36. The van der Waals surface area contributed by atoms with Crippen LogP contribution in [0.15, 0.2) is 61.7 Å². The minimum Gasteiger partial charge on any atom is -0.508 e. The molecule has 0 aliphatic heterocycles. The van der Waals surface area contributed by atoms with Gasteiger partial charge in [-0.05, 0) is 24.3 Å². The van der Waals surface area contributed by atoms with Crippen LogP contribution in [-0.4, -0.2) is 42.2 Å². The predicted molar refractivity (Wildman–Crippen MR) is 116 cm³/mol. The lowest BCUT2D eigenvalue weighted by Gasteiger charge is -2.19. The van der Waals surface area contributed by atoms with Crippen molar-refractivity contribution in [3.63, 3.8) is 0 Å². The Hall–Kier alpha value is -2.63. The maximum atomic E-state index is 12.5. The second kappa shape index (κ2) is 11.4. The van der Waals surface area contributed by atoms with Crippen LogP contribution in [0.3, 0.4) is 0 Å². The van der Waals surface area contributed by atoms with Crippen molar-refractivity contribution in [3.8, 4) is 17.2 Å². The number of phenolic OH excluding ortho intramolecular Hbond substituents is 1. The van der Waals surface area contributed by atoms with Crippen LogP contribution in [0.4, 0.5) is 0 Å². The molecule has 0 aromatic heterocycles. The molecule has 0 saturated carbocycles. The molecule has 2 aromatic carbocycles. The van der Waals surface area contributed by atoms with Crippen LogP contribution in [0.5, 0.6) is 17.2 Å². The van der Waals surface area contributed by atoms with Crippen molar-refractivity contribution in [1.29, 1.82) is 0 Å². The van der Waals surface area contributed by atoms with Crippen molar-refractivity contribution in [2.75, 3.05) is 26.3 Å². The number of nitrogens with zero attached hydrogens (tertiary/aromatic N) is 1. The third-order valence-corrected chi connectivity index (χ3v) is 4.44. The van der Waals surface area contributed by atoms with Gasteiger partial charge in [-0.1, -0.05) is 35.4 Å². The zero-order valence-corrected chi connectivity index (χ0v) is 17.5. The van der Waals surface area contributed by atoms with E-state index in [0.29, 0.717) is 49.8 Å². The monoisotopic (exact) mass is 435 g/mol. The average Bonchev–Trinajstić information content (AvgIpc) is 2.69. The summed E-state index contributed by atoms with van der Waals surface area (Å²) in [6, 6.07) is 9.69. The molecule has 1 N–H and O–H groups in total. The van der Waals surface area contributed by atoms with Crippen LogP contribution in [-0.2, 0) is 0 Å². The summed E-state index contributed by atoms with van der Waals surface area (Å²) < 4.78 is 11.2. The summed E-state index contributed by atoms with van der Waals surface area (Å²) in [7, 11) is 0. The number of halogens is 2. The summed E-state index contributed by atoms with van der Waals surface area (Å²) in [5.41, 5.74) is 0.570. The van der Waals surface area contributed by atoms with Crippen LogP contribution < -0.4 is 9.47 Å². The van der Waals surface area contributed by atoms with Crippen LogP contribution in [0.1, 0.15) is 16.8 Å². The molecule has 0 aliphatic rings. The average molecular weight is 436 g/mol. The Morgan fingerprint density at radius 1 is 1.00 bits per heavy atom. The van der Waals surface area contributed by atoms with E-state index in [9.17, 15) is 9.90 Å². The van der Waals surface area contributed by atoms with Gasteiger partial charge in [0.2, 0.25) is 0 Å². The number of amides is 1. The highest BCUT2D eigenvalue weighted by molar-refractivity contribution is 6.37. The fourth-order valence-electron chi connectivity index (χ4n) is 2.54. The van der Waals surface area contributed by atoms with Crippen molar-refractivity contribution >= 4 is 29.1 Å². The molecular weight excluding hydrogens is 413 g/mol. The molecule has 29 heavy (non-hydrogen) atoms. The van der Waals surface area contributed by atoms with E-state index in [1.54, 1.807) is 41.3 Å². The fraction of sp³-hybridized carbons (Fsp3) is 0.227. The molecule has 0 aliphatic carbocycles. The Morgan fingerprint density at radius 3 is 2.10 bits per heavy atom. The maximum Gasteiger partial charge on any atom is 0.254 e. The summed E-state index contributed by atoms with van der Waals surface area (Å²) in [6.45, 7) is 9.02. The van der Waals surface area contributed by atoms with E-state index in [1.807, 2.05) is 0 Å². The van der Waals surface area contributed by atoms with Gasteiger partial charge in [-0.25, -0.2) is 0 Å². The second-order valence-corrected chi connectivity index (χ2v) is 6.92. The molecule has 0 atom stereocenters. The first kappa shape index (κ1) is 22.7. The SMILES string of the molecule is C=CCN(CC=C)C(=O)c1ccc(OCCCOc2c(Cl)cc(O)cc2Cl)cc1. The molecule has 0 saturated heterocycles. The number of aromatic hydroxyl groups is 1. The highest BCUT2D eigenvalue weighted by Crippen LogP contribution is 2.36. The van der Waals surface area contributed by atoms with Gasteiger partial charge in [-0.15, -0.1) is 13.2 Å². The quantitative estimate of drug-likeness (QED) is 0.381. The zero-order chi connectivity index (χ0) is 21.2. The topological polar surface area (TPSA) is 59.0 Å². The third kappa shape index (κ3) is 6.73. The van der Waals surface area contributed by atoms with E-state index >= 15 is 0 Å². The molecule has 7 heteroatoms. The summed E-state index contributed by atoms with van der Waals surface area (Å²) in [6.07, 6.45) is 3.96. The molecule has 0 bridgehead atoms. The van der Waals surface area contributed by atoms with Crippen LogP contribution in [0, 0.1) is 0 Å². The van der Waals surface area contributed by atoms with Gasteiger partial charge in [0.15, 0.2) is 5.75 Å². The van der Waals surface area contributed by atoms with E-state index in [2.05, 4.69) is 13.2 Å². The van der Waals surface area contributed by atoms with E-state index < -0.39 is 0 Å². The van der Waals surface area contributed by atoms with Crippen LogP contribution in [0.2, 0.25) is 10.0 Å². The van der Waals surface area contributed by atoms with E-state index in [-0.39, 0.29) is 21.7 Å². The first-order valence-corrected chi connectivity index (χ1v) is 9.76. The molecule has 0 spiro atoms. The number of rotatable bonds is 11. The first-order valence-electron chi connectivity index (χ1n) is 9.01. The number of phenols is 1. The van der Waals surface area contributed by atoms with E-state index in [4.69, 9.17) is 32.7 Å². The Morgan fingerprint density at radius 2 is 1.55 bits per heavy atom. The third-order valence-electron chi connectivity index (χ3n) is 3.87. The minimum absolute atomic E-state index is 0.0188. The molecule has 2 rings (SSSR count). The summed E-state index contributed by atoms with van der Waals surface area (Å²) in [5, 5.41) is 9.91. The van der Waals surface area contributed by atoms with E-state index in [1.165, 1.54) is 12.1 Å². The molecular formula is C22H23Cl2NO4. The van der Waals surface area contributed by atoms with Crippen LogP contribution >= 0.6 is 23.2 Å². The fourth-order valence-corrected chi connectivity index (χ4v) is 3.12. The lowest BCUT2D eigenvalue weighted by Crippen LogP contribution is -2.31. The lowest BCUT2D eigenvalue weighted by molar-refractivity contribution is 0.0791. The van der Waals surface area contributed by atoms with Crippen molar-refractivity contribution in [2.24, 2.45) is 0 Å². The number of ether oxygens (including phenoxy) is 2. The second-order valence-electron chi connectivity index (χ2n) is 6.10. The highest BCUT2D eigenvalue weighted by atomic mass is 35.5. The minimum atomic E-state index is -0.0904. The molecule has 0 heterocycles. The van der Waals surface area contributed by atoms with Gasteiger partial charge in [-0.2, -0.15) is 0 Å². The molecule has 0 fully saturated rings. The van der Waals surface area contributed by atoms with Crippen LogP contribution in [0.25, 0.3) is 0 Å². The number of carbonyl (C=O) groups excluding carboxylic acids is 1. The van der Waals surface area contributed by atoms with E-state index in [0.717, 1.165) is 0 Å². The molecule has 154 valence electrons. The Bertz CT molecular complexity index is 819. The van der Waals surface area contributed by atoms with Gasteiger partial charge in [0, 0.05) is 37.2 Å². The Labute approximate surface area is 180 Å². The molecule has 0 radical (unpaired) electrons. The number of benzene rings is 2. The summed E-state index contributed by atoms with van der Waals surface area (Å²) in [5.74, 6) is 0.876. The Balaban J connectivity index is 1.81. The first-order chi connectivity index (χ1) is 14.0. The number of hydrogen-bond donors (Lipinski definition) is 1. The van der Waals surface area contributed by atoms with Crippen molar-refractivity contribution in [2.45, 2.75) is 6.42 Å². The van der Waals surface area contributed by atoms with Gasteiger partial charge in [0.25, 0.3) is 5.91 Å². The van der Waals surface area contributed by atoms with Gasteiger partial charge in [-0.3, -0.25) is 4.79 Å². The van der Waals surface area contributed by atoms with Gasteiger partial charge < -0.3 is 19.5 Å². The summed E-state index contributed by atoms with van der Waals surface area (Å²) in [4.78, 5) is 14.1. The highest BCUT2D eigenvalue weighted by Gasteiger charge is 2.13. The van der Waals surface area contributed by atoms with Crippen molar-refractivity contribution in [1.82, 2.24) is 4.90 Å². The smallest absolute Gasteiger partial charge is 0.254 e. The Kier molecular flexibility index (Phi) is 8.90. The summed E-state index contributed by atoms with van der Waals surface area (Å²) >= 11 is 12.0. The lowest BCUT2D eigenvalue weighted by atomic mass is 10.2. The standard InChI is InChI=1S/C22H23Cl2NO4/c1-3-10-25(11-4-2)22(27)16-6-8-18(9-7-16)28-12-5-13-29-21-19(23)14-17(26)15-20(21)24/h3-4,6-9,14-15,26H,1-2,5,10-13H2. The number of hydrogen-bond acceptors (Lipinski definition) is 4. The zero-order valence-electron chi connectivity index (χ0n) is 15.9. The van der Waals surface area contributed by atoms with Crippen molar-refractivity contribution in [3.05, 3.63) is 77.3 Å². The van der Waals surface area contributed by atoms with Gasteiger partial charge in [0.1, 0.15) is 11.5 Å². The maximum absolute atomic E-state index is 12.5. The van der Waals surface area contributed by atoms with Gasteiger partial charge in [0.05, 0.1) is 23.3 Å². The largest absolute Gasteiger partial charge is 0.508 e. The normalized spacial score (nSPS) is 10.3. The molecule has 2 aromatic rings. The van der Waals surface area contributed by atoms with Gasteiger partial charge >= 0.3 is 0 Å². The molecule has 1 amide bonds. The van der Waals surface area contributed by atoms with Crippen molar-refractivity contribution < 1.29 is 19.4 Å².